The zero-order valence-electron chi connectivity index (χ0n) is 10.6. The highest BCUT2D eigenvalue weighted by Gasteiger charge is 2.01. The highest BCUT2D eigenvalue weighted by Crippen LogP contribution is 2.18. The van der Waals surface area contributed by atoms with E-state index in [1.165, 1.54) is 10.4 Å². The van der Waals surface area contributed by atoms with E-state index in [1.807, 2.05) is 24.3 Å². The van der Waals surface area contributed by atoms with Crippen LogP contribution >= 0.6 is 11.3 Å². The summed E-state index contributed by atoms with van der Waals surface area (Å²) < 4.78 is 0. The average Bonchev–Trinajstić information content (AvgIpc) is 3.09. The summed E-state index contributed by atoms with van der Waals surface area (Å²) in [6.07, 6.45) is 3.34. The van der Waals surface area contributed by atoms with Gasteiger partial charge in [0.05, 0.1) is 18.1 Å². The largest absolute Gasteiger partial charge is 0.380 e. The van der Waals surface area contributed by atoms with Gasteiger partial charge in [-0.05, 0) is 48.2 Å². The lowest BCUT2D eigenvalue weighted by atomic mass is 10.2. The molecule has 0 saturated heterocycles. The quantitative estimate of drug-likeness (QED) is 0.791. The molecule has 96 valence electrons. The summed E-state index contributed by atoms with van der Waals surface area (Å²) >= 11 is 1.78. The van der Waals surface area contributed by atoms with E-state index in [2.05, 4.69) is 33.9 Å². The number of thiophene rings is 1. The third-order valence-electron chi connectivity index (χ3n) is 2.94. The molecular formula is C14H14N4S. The van der Waals surface area contributed by atoms with Gasteiger partial charge < -0.3 is 5.32 Å². The molecule has 0 aliphatic rings. The van der Waals surface area contributed by atoms with E-state index in [0.717, 1.165) is 17.9 Å². The summed E-state index contributed by atoms with van der Waals surface area (Å²) in [7, 11) is 0. The molecule has 2 heterocycles. The summed E-state index contributed by atoms with van der Waals surface area (Å²) in [6.45, 7) is 3.00. The molecule has 1 aromatic carbocycles. The second-order valence-corrected chi connectivity index (χ2v) is 5.25. The molecule has 0 fully saturated rings. The summed E-state index contributed by atoms with van der Waals surface area (Å²) in [6, 6.07) is 10.2. The number of aryl methyl sites for hydroxylation is 1. The maximum absolute atomic E-state index is 4.10. The van der Waals surface area contributed by atoms with Crippen LogP contribution in [0.2, 0.25) is 0 Å². The molecule has 19 heavy (non-hydrogen) atoms. The highest BCUT2D eigenvalue weighted by molar-refractivity contribution is 7.10. The van der Waals surface area contributed by atoms with Crippen LogP contribution in [0, 0.1) is 6.92 Å². The summed E-state index contributed by atoms with van der Waals surface area (Å²) in [5.41, 5.74) is 3.40. The molecule has 4 nitrogen and oxygen atoms in total. The zero-order chi connectivity index (χ0) is 13.1. The van der Waals surface area contributed by atoms with Crippen LogP contribution in [0.15, 0.2) is 48.1 Å². The number of nitrogens with one attached hydrogen (secondary N) is 1. The van der Waals surface area contributed by atoms with Crippen LogP contribution < -0.4 is 5.32 Å². The molecule has 5 heteroatoms. The Morgan fingerprint density at radius 2 is 1.84 bits per heavy atom. The van der Waals surface area contributed by atoms with Gasteiger partial charge in [0.15, 0.2) is 0 Å². The third-order valence-corrected chi connectivity index (χ3v) is 3.96. The lowest BCUT2D eigenvalue weighted by Crippen LogP contribution is -2.01. The van der Waals surface area contributed by atoms with Crippen LogP contribution in [0.1, 0.15) is 10.4 Å². The third kappa shape index (κ3) is 2.66. The Balaban J connectivity index is 1.68. The van der Waals surface area contributed by atoms with Gasteiger partial charge in [0.2, 0.25) is 0 Å². The molecule has 0 atom stereocenters. The van der Waals surface area contributed by atoms with Gasteiger partial charge in [-0.1, -0.05) is 0 Å². The van der Waals surface area contributed by atoms with Crippen LogP contribution in [-0.2, 0) is 6.54 Å². The van der Waals surface area contributed by atoms with Gasteiger partial charge in [0.25, 0.3) is 0 Å². The highest BCUT2D eigenvalue weighted by atomic mass is 32.1. The van der Waals surface area contributed by atoms with Crippen LogP contribution in [0.25, 0.3) is 5.69 Å². The average molecular weight is 270 g/mol. The first kappa shape index (κ1) is 11.9. The van der Waals surface area contributed by atoms with Crippen LogP contribution in [0.5, 0.6) is 0 Å². The van der Waals surface area contributed by atoms with Crippen molar-refractivity contribution in [2.24, 2.45) is 0 Å². The van der Waals surface area contributed by atoms with Gasteiger partial charge in [0.1, 0.15) is 0 Å². The summed E-state index contributed by atoms with van der Waals surface area (Å²) in [5, 5.41) is 13.7. The molecule has 2 aromatic heterocycles. The molecule has 0 amide bonds. The second-order valence-electron chi connectivity index (χ2n) is 4.25. The summed E-state index contributed by atoms with van der Waals surface area (Å²) in [5.74, 6) is 0. The van der Waals surface area contributed by atoms with Crippen molar-refractivity contribution >= 4 is 17.0 Å². The van der Waals surface area contributed by atoms with E-state index >= 15 is 0 Å². The SMILES string of the molecule is Cc1ccsc1CNc1ccc(-n2nccn2)cc1. The van der Waals surface area contributed by atoms with Crippen molar-refractivity contribution in [1.82, 2.24) is 15.0 Å². The molecule has 3 aromatic rings. The van der Waals surface area contributed by atoms with E-state index in [4.69, 9.17) is 0 Å². The van der Waals surface area contributed by atoms with E-state index in [-0.39, 0.29) is 0 Å². The van der Waals surface area contributed by atoms with Crippen molar-refractivity contribution < 1.29 is 0 Å². The van der Waals surface area contributed by atoms with Crippen molar-refractivity contribution in [2.75, 3.05) is 5.32 Å². The number of hydrogen-bond acceptors (Lipinski definition) is 4. The lowest BCUT2D eigenvalue weighted by Gasteiger charge is -2.07. The monoisotopic (exact) mass is 270 g/mol. The molecule has 0 saturated carbocycles. The predicted octanol–water partition coefficient (Wildman–Crippen LogP) is 3.25. The molecule has 0 radical (unpaired) electrons. The smallest absolute Gasteiger partial charge is 0.0858 e. The number of hydrogen-bond donors (Lipinski definition) is 1. The van der Waals surface area contributed by atoms with E-state index < -0.39 is 0 Å². The second kappa shape index (κ2) is 5.24. The van der Waals surface area contributed by atoms with Crippen LogP contribution in [-0.4, -0.2) is 15.0 Å². The molecule has 0 spiro atoms. The standard InChI is InChI=1S/C14H14N4S/c1-11-6-9-19-14(11)10-15-12-2-4-13(5-3-12)18-16-7-8-17-18/h2-9,15H,10H2,1H3. The molecule has 0 aliphatic heterocycles. The number of aromatic nitrogens is 3. The van der Waals surface area contributed by atoms with E-state index in [9.17, 15) is 0 Å². The van der Waals surface area contributed by atoms with Gasteiger partial charge in [0, 0.05) is 17.1 Å². The molecule has 0 unspecified atom stereocenters. The van der Waals surface area contributed by atoms with Crippen molar-refractivity contribution in [3.63, 3.8) is 0 Å². The Morgan fingerprint density at radius 1 is 1.11 bits per heavy atom. The van der Waals surface area contributed by atoms with Crippen LogP contribution in [0.3, 0.4) is 0 Å². The fourth-order valence-corrected chi connectivity index (χ4v) is 2.68. The zero-order valence-corrected chi connectivity index (χ0v) is 11.4. The van der Waals surface area contributed by atoms with Gasteiger partial charge in [-0.25, -0.2) is 0 Å². The van der Waals surface area contributed by atoms with Crippen molar-refractivity contribution in [3.05, 3.63) is 58.5 Å². The minimum absolute atomic E-state index is 0.864. The van der Waals surface area contributed by atoms with Crippen LogP contribution in [0.4, 0.5) is 5.69 Å². The first-order valence-electron chi connectivity index (χ1n) is 6.06. The van der Waals surface area contributed by atoms with Gasteiger partial charge >= 0.3 is 0 Å². The minimum atomic E-state index is 0.864. The Labute approximate surface area is 115 Å². The number of anilines is 1. The Morgan fingerprint density at radius 3 is 2.47 bits per heavy atom. The first-order valence-corrected chi connectivity index (χ1v) is 6.94. The Kier molecular flexibility index (Phi) is 3.29. The fourth-order valence-electron chi connectivity index (χ4n) is 1.83. The van der Waals surface area contributed by atoms with Gasteiger partial charge in [-0.2, -0.15) is 15.0 Å². The fraction of sp³-hybridized carbons (Fsp3) is 0.143. The molecule has 0 bridgehead atoms. The predicted molar refractivity (Wildman–Crippen MR) is 77.7 cm³/mol. The maximum atomic E-state index is 4.10. The molecule has 0 aliphatic carbocycles. The topological polar surface area (TPSA) is 42.7 Å². The Hall–Kier alpha value is -2.14. The number of rotatable bonds is 4. The van der Waals surface area contributed by atoms with Crippen molar-refractivity contribution in [1.29, 1.82) is 0 Å². The van der Waals surface area contributed by atoms with Gasteiger partial charge in [-0.15, -0.1) is 11.3 Å². The van der Waals surface area contributed by atoms with Crippen molar-refractivity contribution in [3.8, 4) is 5.69 Å². The molecular weight excluding hydrogens is 256 g/mol. The number of benzene rings is 1. The number of nitrogens with zero attached hydrogens (tertiary/aromatic N) is 3. The van der Waals surface area contributed by atoms with E-state index in [0.29, 0.717) is 0 Å². The summed E-state index contributed by atoms with van der Waals surface area (Å²) in [4.78, 5) is 2.98. The normalized spacial score (nSPS) is 10.6. The molecule has 3 rings (SSSR count). The Bertz CT molecular complexity index is 640. The maximum Gasteiger partial charge on any atom is 0.0858 e. The first-order chi connectivity index (χ1) is 9.33. The van der Waals surface area contributed by atoms with E-state index in [1.54, 1.807) is 28.5 Å². The van der Waals surface area contributed by atoms with Gasteiger partial charge in [-0.3, -0.25) is 0 Å². The molecule has 1 N–H and O–H groups in total. The lowest BCUT2D eigenvalue weighted by molar-refractivity contribution is 0.752. The van der Waals surface area contributed by atoms with Crippen molar-refractivity contribution in [2.45, 2.75) is 13.5 Å². The minimum Gasteiger partial charge on any atom is -0.380 e.